The van der Waals surface area contributed by atoms with Gasteiger partial charge in [0.1, 0.15) is 5.54 Å². The first-order valence-electron chi connectivity index (χ1n) is 7.46. The summed E-state index contributed by atoms with van der Waals surface area (Å²) in [5.74, 6) is -0.00126. The highest BCUT2D eigenvalue weighted by atomic mass is 32.1. The normalized spacial score (nSPS) is 30.2. The molecule has 1 aromatic heterocycles. The maximum absolute atomic E-state index is 12.0. The highest BCUT2D eigenvalue weighted by Crippen LogP contribution is 2.29. The molecule has 21 heavy (non-hydrogen) atoms. The van der Waals surface area contributed by atoms with Crippen LogP contribution in [0.5, 0.6) is 0 Å². The number of piperidine rings is 1. The molecule has 0 aliphatic carbocycles. The molecule has 3 amide bonds. The molecule has 6 heteroatoms. The topological polar surface area (TPSA) is 61.4 Å². The van der Waals surface area contributed by atoms with Crippen molar-refractivity contribution in [3.63, 3.8) is 0 Å². The van der Waals surface area contributed by atoms with Crippen LogP contribution in [0.1, 0.15) is 24.6 Å². The highest BCUT2D eigenvalue weighted by molar-refractivity contribution is 7.09. The highest BCUT2D eigenvalue weighted by Gasteiger charge is 2.48. The van der Waals surface area contributed by atoms with Crippen LogP contribution in [0, 0.1) is 5.92 Å². The third-order valence-corrected chi connectivity index (χ3v) is 5.58. The lowest BCUT2D eigenvalue weighted by atomic mass is 9.80. The summed E-state index contributed by atoms with van der Waals surface area (Å²) >= 11 is 1.79. The van der Waals surface area contributed by atoms with Gasteiger partial charge in [-0.15, -0.1) is 11.3 Å². The van der Waals surface area contributed by atoms with E-state index in [1.54, 1.807) is 11.3 Å². The number of thiophene rings is 1. The second kappa shape index (κ2) is 5.77. The van der Waals surface area contributed by atoms with Crippen molar-refractivity contribution < 1.29 is 9.59 Å². The minimum atomic E-state index is -0.751. The number of nitrogens with one attached hydrogen (secondary N) is 2. The minimum Gasteiger partial charge on any atom is -0.323 e. The number of imide groups is 1. The van der Waals surface area contributed by atoms with Crippen molar-refractivity contribution in [2.75, 3.05) is 19.6 Å². The monoisotopic (exact) mass is 307 g/mol. The number of amides is 3. The quantitative estimate of drug-likeness (QED) is 0.831. The van der Waals surface area contributed by atoms with Crippen molar-refractivity contribution in [1.82, 2.24) is 15.5 Å². The van der Waals surface area contributed by atoms with E-state index in [0.29, 0.717) is 0 Å². The predicted octanol–water partition coefficient (Wildman–Crippen LogP) is 1.60. The van der Waals surface area contributed by atoms with Gasteiger partial charge in [0.2, 0.25) is 0 Å². The first-order chi connectivity index (χ1) is 10.1. The van der Waals surface area contributed by atoms with Gasteiger partial charge in [-0.25, -0.2) is 4.79 Å². The number of urea groups is 1. The SMILES string of the molecule is C[C@@]1([C@@H]2CCCN(CCc3cccs3)C2)NC(=O)NC1=O. The summed E-state index contributed by atoms with van der Waals surface area (Å²) in [5.41, 5.74) is -0.751. The van der Waals surface area contributed by atoms with Crippen molar-refractivity contribution in [2.24, 2.45) is 5.92 Å². The molecule has 2 atom stereocenters. The maximum atomic E-state index is 12.0. The van der Waals surface area contributed by atoms with Crippen molar-refractivity contribution in [1.29, 1.82) is 0 Å². The Morgan fingerprint density at radius 1 is 1.48 bits per heavy atom. The largest absolute Gasteiger partial charge is 0.323 e. The van der Waals surface area contributed by atoms with Crippen LogP contribution in [-0.4, -0.2) is 42.0 Å². The summed E-state index contributed by atoms with van der Waals surface area (Å²) in [5, 5.41) is 7.29. The second-order valence-corrected chi connectivity index (χ2v) is 7.11. The van der Waals surface area contributed by atoms with Gasteiger partial charge in [0.25, 0.3) is 5.91 Å². The summed E-state index contributed by atoms with van der Waals surface area (Å²) in [7, 11) is 0. The second-order valence-electron chi connectivity index (χ2n) is 6.08. The van der Waals surface area contributed by atoms with Crippen molar-refractivity contribution in [3.05, 3.63) is 22.4 Å². The third kappa shape index (κ3) is 2.96. The average molecular weight is 307 g/mol. The minimum absolute atomic E-state index is 0.182. The zero-order valence-corrected chi connectivity index (χ0v) is 13.0. The molecule has 2 aliphatic heterocycles. The maximum Gasteiger partial charge on any atom is 0.322 e. The zero-order chi connectivity index (χ0) is 14.9. The summed E-state index contributed by atoms with van der Waals surface area (Å²) in [6.07, 6.45) is 3.12. The van der Waals surface area contributed by atoms with Crippen LogP contribution in [0.15, 0.2) is 17.5 Å². The molecule has 114 valence electrons. The van der Waals surface area contributed by atoms with Crippen molar-refractivity contribution >= 4 is 23.3 Å². The summed E-state index contributed by atoms with van der Waals surface area (Å²) in [4.78, 5) is 27.3. The average Bonchev–Trinajstić information content (AvgIpc) is 3.06. The van der Waals surface area contributed by atoms with Crippen LogP contribution in [-0.2, 0) is 11.2 Å². The van der Waals surface area contributed by atoms with Crippen LogP contribution in [0.4, 0.5) is 4.79 Å². The molecule has 0 aromatic carbocycles. The molecule has 0 bridgehead atoms. The zero-order valence-electron chi connectivity index (χ0n) is 12.2. The first-order valence-corrected chi connectivity index (χ1v) is 8.34. The van der Waals surface area contributed by atoms with E-state index in [0.717, 1.165) is 38.9 Å². The van der Waals surface area contributed by atoms with E-state index < -0.39 is 5.54 Å². The van der Waals surface area contributed by atoms with E-state index in [4.69, 9.17) is 0 Å². The Hall–Kier alpha value is -1.40. The van der Waals surface area contributed by atoms with Gasteiger partial charge in [-0.1, -0.05) is 6.07 Å². The molecule has 0 spiro atoms. The van der Waals surface area contributed by atoms with E-state index in [-0.39, 0.29) is 17.9 Å². The Bertz CT molecular complexity index is 531. The molecule has 0 saturated carbocycles. The van der Waals surface area contributed by atoms with Gasteiger partial charge in [-0.2, -0.15) is 0 Å². The fraction of sp³-hybridized carbons (Fsp3) is 0.600. The van der Waals surface area contributed by atoms with Gasteiger partial charge in [0.15, 0.2) is 0 Å². The van der Waals surface area contributed by atoms with Gasteiger partial charge in [0, 0.05) is 23.9 Å². The lowest BCUT2D eigenvalue weighted by molar-refractivity contribution is -0.126. The molecule has 1 aromatic rings. The van der Waals surface area contributed by atoms with E-state index in [9.17, 15) is 9.59 Å². The van der Waals surface area contributed by atoms with Gasteiger partial charge >= 0.3 is 6.03 Å². The number of nitrogens with zero attached hydrogens (tertiary/aromatic N) is 1. The lowest BCUT2D eigenvalue weighted by Gasteiger charge is -2.39. The fourth-order valence-corrected chi connectivity index (χ4v) is 4.00. The van der Waals surface area contributed by atoms with E-state index in [1.807, 2.05) is 6.92 Å². The number of hydrogen-bond acceptors (Lipinski definition) is 4. The van der Waals surface area contributed by atoms with Gasteiger partial charge in [0.05, 0.1) is 0 Å². The molecule has 0 radical (unpaired) electrons. The third-order valence-electron chi connectivity index (χ3n) is 4.65. The van der Waals surface area contributed by atoms with Crippen LogP contribution >= 0.6 is 11.3 Å². The summed E-state index contributed by atoms with van der Waals surface area (Å²) in [6, 6.07) is 3.88. The first kappa shape index (κ1) is 14.5. The standard InChI is InChI=1S/C15H21N3O2S/c1-15(13(19)16-14(20)17-15)11-4-2-7-18(10-11)8-6-12-5-3-9-21-12/h3,5,9,11H,2,4,6-8,10H2,1H3,(H2,16,17,19,20)/t11-,15+/m1/s1. The lowest BCUT2D eigenvalue weighted by Crippen LogP contribution is -2.55. The van der Waals surface area contributed by atoms with Gasteiger partial charge in [-0.3, -0.25) is 10.1 Å². The molecule has 0 unspecified atom stereocenters. The van der Waals surface area contributed by atoms with Crippen LogP contribution in [0.3, 0.4) is 0 Å². The summed E-state index contributed by atoms with van der Waals surface area (Å²) in [6.45, 7) is 4.81. The van der Waals surface area contributed by atoms with E-state index in [1.165, 1.54) is 4.88 Å². The van der Waals surface area contributed by atoms with Crippen LogP contribution in [0.2, 0.25) is 0 Å². The van der Waals surface area contributed by atoms with E-state index >= 15 is 0 Å². The molecule has 2 fully saturated rings. The predicted molar refractivity (Wildman–Crippen MR) is 82.3 cm³/mol. The smallest absolute Gasteiger partial charge is 0.322 e. The van der Waals surface area contributed by atoms with Crippen LogP contribution < -0.4 is 10.6 Å². The van der Waals surface area contributed by atoms with Crippen molar-refractivity contribution in [3.8, 4) is 0 Å². The molecule has 2 N–H and O–H groups in total. The summed E-state index contributed by atoms with van der Waals surface area (Å²) < 4.78 is 0. The molecule has 3 rings (SSSR count). The van der Waals surface area contributed by atoms with E-state index in [2.05, 4.69) is 33.0 Å². The Balaban J connectivity index is 1.60. The Labute approximate surface area is 128 Å². The molecule has 2 aliphatic rings. The Morgan fingerprint density at radius 3 is 3.00 bits per heavy atom. The number of likely N-dealkylation sites (tertiary alicyclic amines) is 1. The molecular formula is C15H21N3O2S. The number of carbonyl (C=O) groups excluding carboxylic acids is 2. The molecule has 5 nitrogen and oxygen atoms in total. The Morgan fingerprint density at radius 2 is 2.33 bits per heavy atom. The van der Waals surface area contributed by atoms with Gasteiger partial charge < -0.3 is 10.2 Å². The number of hydrogen-bond donors (Lipinski definition) is 2. The molecule has 2 saturated heterocycles. The number of rotatable bonds is 4. The fourth-order valence-electron chi connectivity index (χ4n) is 3.30. The Kier molecular flexibility index (Phi) is 3.99. The molecule has 3 heterocycles. The van der Waals surface area contributed by atoms with Crippen LogP contribution in [0.25, 0.3) is 0 Å². The number of carbonyl (C=O) groups is 2. The van der Waals surface area contributed by atoms with Gasteiger partial charge in [-0.05, 0) is 44.2 Å². The molecular weight excluding hydrogens is 286 g/mol. The van der Waals surface area contributed by atoms with Crippen molar-refractivity contribution in [2.45, 2.75) is 31.7 Å².